The van der Waals surface area contributed by atoms with Crippen molar-refractivity contribution in [3.8, 4) is 0 Å². The molecule has 0 unspecified atom stereocenters. The number of hydrogen-bond acceptors (Lipinski definition) is 5. The van der Waals surface area contributed by atoms with Crippen molar-refractivity contribution in [2.45, 2.75) is 94.2 Å². The second kappa shape index (κ2) is 6.80. The number of allylic oxidation sites excluding steroid dienone is 2. The average molecular weight is 448 g/mol. The first-order chi connectivity index (χ1) is 12.6. The number of hydrogen-bond donors (Lipinski definition) is 0. The van der Waals surface area contributed by atoms with Gasteiger partial charge in [0.1, 0.15) is 11.5 Å². The summed E-state index contributed by atoms with van der Waals surface area (Å²) in [6, 6.07) is 0. The fraction of sp³-hybridized carbons (Fsp3) is 0.800. The maximum absolute atomic E-state index is 14.0. The zero-order valence-corrected chi connectivity index (χ0v) is 21.8. The van der Waals surface area contributed by atoms with Crippen LogP contribution in [0.25, 0.3) is 0 Å². The molecular formula is C20H38N2O5P2. The van der Waals surface area contributed by atoms with Crippen molar-refractivity contribution < 1.29 is 22.5 Å². The predicted molar refractivity (Wildman–Crippen MR) is 117 cm³/mol. The summed E-state index contributed by atoms with van der Waals surface area (Å²) in [7, 11) is -7.95. The normalized spacial score (nSPS) is 28.8. The first kappa shape index (κ1) is 24.4. The van der Waals surface area contributed by atoms with Crippen molar-refractivity contribution in [3.05, 3.63) is 23.9 Å². The smallest absolute Gasteiger partial charge is 0.411 e. The van der Waals surface area contributed by atoms with E-state index < -0.39 is 26.6 Å². The molecule has 29 heavy (non-hydrogen) atoms. The van der Waals surface area contributed by atoms with Gasteiger partial charge in [-0.15, -0.1) is 0 Å². The third-order valence-corrected chi connectivity index (χ3v) is 9.49. The van der Waals surface area contributed by atoms with E-state index in [-0.39, 0.29) is 10.8 Å². The molecule has 0 fully saturated rings. The lowest BCUT2D eigenvalue weighted by molar-refractivity contribution is 0.190. The predicted octanol–water partition coefficient (Wildman–Crippen LogP) is 7.26. The van der Waals surface area contributed by atoms with Crippen LogP contribution in [0.15, 0.2) is 23.9 Å². The van der Waals surface area contributed by atoms with Crippen molar-refractivity contribution in [2.24, 2.45) is 10.8 Å². The Morgan fingerprint density at radius 3 is 1.14 bits per heavy atom. The van der Waals surface area contributed by atoms with E-state index >= 15 is 0 Å². The Kier molecular flexibility index (Phi) is 5.72. The van der Waals surface area contributed by atoms with Crippen LogP contribution in [0.3, 0.4) is 0 Å². The highest BCUT2D eigenvalue weighted by atomic mass is 31.3. The molecule has 0 aliphatic carbocycles. The van der Waals surface area contributed by atoms with Crippen molar-refractivity contribution in [1.29, 1.82) is 0 Å². The van der Waals surface area contributed by atoms with E-state index in [0.717, 1.165) is 0 Å². The molecule has 0 aromatic heterocycles. The Labute approximate surface area is 176 Å². The Hall–Kier alpha value is -0.900. The lowest BCUT2D eigenvalue weighted by Crippen LogP contribution is -2.36. The largest absolute Gasteiger partial charge is 0.498 e. The minimum absolute atomic E-state index is 0.386. The summed E-state index contributed by atoms with van der Waals surface area (Å²) < 4.78 is 48.7. The Balaban J connectivity index is 2.50. The van der Waals surface area contributed by atoms with E-state index in [2.05, 4.69) is 0 Å². The first-order valence-corrected chi connectivity index (χ1v) is 12.9. The van der Waals surface area contributed by atoms with Crippen molar-refractivity contribution >= 4 is 15.5 Å². The van der Waals surface area contributed by atoms with Crippen molar-refractivity contribution in [1.82, 2.24) is 9.34 Å². The molecule has 0 bridgehead atoms. The van der Waals surface area contributed by atoms with Crippen LogP contribution in [-0.2, 0) is 22.5 Å². The highest BCUT2D eigenvalue weighted by Gasteiger charge is 2.58. The van der Waals surface area contributed by atoms with Crippen LogP contribution >= 0.6 is 15.5 Å². The lowest BCUT2D eigenvalue weighted by Gasteiger charge is -2.38. The third-order valence-electron chi connectivity index (χ3n) is 4.49. The van der Waals surface area contributed by atoms with Gasteiger partial charge >= 0.3 is 15.5 Å². The molecule has 7 nitrogen and oxygen atoms in total. The molecule has 9 heteroatoms. The molecule has 2 aliphatic rings. The quantitative estimate of drug-likeness (QED) is 0.412. The molecule has 0 amide bonds. The van der Waals surface area contributed by atoms with Gasteiger partial charge in [-0.1, -0.05) is 41.5 Å². The van der Waals surface area contributed by atoms with E-state index in [1.54, 1.807) is 21.7 Å². The fourth-order valence-electron chi connectivity index (χ4n) is 2.77. The average Bonchev–Trinajstić information content (AvgIpc) is 2.94. The van der Waals surface area contributed by atoms with E-state index in [4.69, 9.17) is 13.4 Å². The summed E-state index contributed by atoms with van der Waals surface area (Å²) in [5.41, 5.74) is -1.92. The van der Waals surface area contributed by atoms with Gasteiger partial charge < -0.3 is 9.05 Å². The highest BCUT2D eigenvalue weighted by molar-refractivity contribution is 7.65. The van der Waals surface area contributed by atoms with Gasteiger partial charge in [-0.05, 0) is 41.5 Å². The number of rotatable bonds is 2. The van der Waals surface area contributed by atoms with E-state index in [1.807, 2.05) is 83.1 Å². The van der Waals surface area contributed by atoms with Gasteiger partial charge in [-0.2, -0.15) is 4.31 Å². The molecule has 2 atom stereocenters. The molecule has 0 saturated heterocycles. The monoisotopic (exact) mass is 448 g/mol. The van der Waals surface area contributed by atoms with E-state index in [1.165, 1.54) is 0 Å². The molecule has 2 aliphatic heterocycles. The summed E-state index contributed by atoms with van der Waals surface area (Å²) in [6.45, 7) is 23.2. The van der Waals surface area contributed by atoms with Crippen molar-refractivity contribution in [2.75, 3.05) is 0 Å². The number of nitrogens with zero attached hydrogens (tertiary/aromatic N) is 2. The fourth-order valence-corrected chi connectivity index (χ4v) is 7.99. The maximum Gasteiger partial charge on any atom is 0.498 e. The SMILES string of the molecule is CC(C)(C)C1=CN(C(C)(C)C)[P@@](=O)(O[P@@]2(=O)OC(C(C)(C)C)=CN2C(C)(C)C)O1. The van der Waals surface area contributed by atoms with Gasteiger partial charge in [0.15, 0.2) is 0 Å². The molecule has 0 saturated carbocycles. The molecule has 2 heterocycles. The third kappa shape index (κ3) is 4.89. The summed E-state index contributed by atoms with van der Waals surface area (Å²) in [4.78, 5) is 0. The van der Waals surface area contributed by atoms with Gasteiger partial charge in [0.2, 0.25) is 0 Å². The van der Waals surface area contributed by atoms with Crippen LogP contribution in [-0.4, -0.2) is 20.4 Å². The minimum atomic E-state index is -3.98. The van der Waals surface area contributed by atoms with Gasteiger partial charge in [-0.3, -0.25) is 9.34 Å². The molecule has 0 spiro atoms. The molecule has 0 N–H and O–H groups in total. The van der Waals surface area contributed by atoms with Gasteiger partial charge in [-0.25, -0.2) is 9.13 Å². The van der Waals surface area contributed by atoms with Gasteiger partial charge in [0, 0.05) is 21.9 Å². The zero-order chi connectivity index (χ0) is 22.8. The van der Waals surface area contributed by atoms with Crippen LogP contribution in [0.5, 0.6) is 0 Å². The first-order valence-electron chi connectivity index (χ1n) is 9.94. The van der Waals surface area contributed by atoms with Crippen LogP contribution in [0.1, 0.15) is 83.1 Å². The second-order valence-electron chi connectivity index (χ2n) is 11.7. The lowest BCUT2D eigenvalue weighted by atomic mass is 9.94. The molecule has 0 aromatic carbocycles. The van der Waals surface area contributed by atoms with Crippen LogP contribution in [0.4, 0.5) is 0 Å². The topological polar surface area (TPSA) is 68.3 Å². The molecule has 0 aromatic rings. The Morgan fingerprint density at radius 1 is 0.655 bits per heavy atom. The van der Waals surface area contributed by atoms with Gasteiger partial charge in [0.05, 0.1) is 12.4 Å². The maximum atomic E-state index is 14.0. The Bertz CT molecular complexity index is 752. The summed E-state index contributed by atoms with van der Waals surface area (Å²) in [5, 5.41) is 0. The Morgan fingerprint density at radius 2 is 0.931 bits per heavy atom. The summed E-state index contributed by atoms with van der Waals surface area (Å²) >= 11 is 0. The van der Waals surface area contributed by atoms with Gasteiger partial charge in [0.25, 0.3) is 0 Å². The zero-order valence-electron chi connectivity index (χ0n) is 20.0. The van der Waals surface area contributed by atoms with Crippen LogP contribution in [0.2, 0.25) is 0 Å². The molecular weight excluding hydrogens is 410 g/mol. The van der Waals surface area contributed by atoms with Crippen LogP contribution < -0.4 is 0 Å². The molecule has 168 valence electrons. The van der Waals surface area contributed by atoms with E-state index in [9.17, 15) is 9.13 Å². The molecule has 2 rings (SSSR count). The summed E-state index contributed by atoms with van der Waals surface area (Å²) in [6.07, 6.45) is 3.42. The van der Waals surface area contributed by atoms with Crippen LogP contribution in [0, 0.1) is 10.8 Å². The second-order valence-corrected chi connectivity index (χ2v) is 15.5. The molecule has 0 radical (unpaired) electrons. The highest BCUT2D eigenvalue weighted by Crippen LogP contribution is 2.76. The standard InChI is InChI=1S/C20H38N2O5P2/c1-17(2,3)15-13-21(19(7,8)9)28(23,25-15)27-29(24)22(20(10,11)12)14-16(26-29)18(4,5)6/h13-14H,1-12H3/t28-,29-/m0/s1. The minimum Gasteiger partial charge on any atom is -0.411 e. The summed E-state index contributed by atoms with van der Waals surface area (Å²) in [5.74, 6) is 1.04. The van der Waals surface area contributed by atoms with E-state index in [0.29, 0.717) is 11.5 Å². The van der Waals surface area contributed by atoms with Crippen molar-refractivity contribution in [3.63, 3.8) is 0 Å².